The number of thiophene rings is 1. The predicted octanol–water partition coefficient (Wildman–Crippen LogP) is 4.24. The van der Waals surface area contributed by atoms with Crippen LogP contribution in [0.2, 0.25) is 0 Å². The molecule has 3 heterocycles. The van der Waals surface area contributed by atoms with Crippen molar-refractivity contribution in [2.24, 2.45) is 5.92 Å². The van der Waals surface area contributed by atoms with Gasteiger partial charge in [-0.05, 0) is 37.7 Å². The van der Waals surface area contributed by atoms with Gasteiger partial charge < -0.3 is 4.74 Å². The molecule has 1 unspecified atom stereocenters. The summed E-state index contributed by atoms with van der Waals surface area (Å²) in [5, 5.41) is 10.8. The fourth-order valence-electron chi connectivity index (χ4n) is 3.65. The molecule has 0 saturated heterocycles. The van der Waals surface area contributed by atoms with Crippen molar-refractivity contribution in [3.05, 3.63) is 16.3 Å². The Hall–Kier alpha value is -1.67. The minimum Gasteiger partial charge on any atom is -0.465 e. The second-order valence-corrected chi connectivity index (χ2v) is 9.42. The Bertz CT molecular complexity index is 1010. The molecule has 0 amide bonds. The highest BCUT2D eigenvalue weighted by molar-refractivity contribution is 7.99. The van der Waals surface area contributed by atoms with Gasteiger partial charge in [0.25, 0.3) is 0 Å². The normalized spacial score (nSPS) is 17.0. The molecule has 4 rings (SSSR count). The van der Waals surface area contributed by atoms with E-state index in [1.165, 1.54) is 28.6 Å². The van der Waals surface area contributed by atoms with Crippen molar-refractivity contribution in [1.82, 2.24) is 19.6 Å². The number of fused-ring (bicyclic) bond motifs is 5. The Balaban J connectivity index is 1.85. The van der Waals surface area contributed by atoms with Crippen molar-refractivity contribution in [2.75, 3.05) is 12.4 Å². The SMILES string of the molecule is CCOC(=O)CSc1nnc2c3c4c(sc3nc(C(C)C)n12)CC(C)CC4. The standard InChI is InChI=1S/C19H24N4O2S2/c1-5-25-14(24)9-26-19-22-21-17-15-12-7-6-11(4)8-13(12)27-18(15)20-16(10(2)3)23(17)19/h10-11H,5-9H2,1-4H3. The maximum Gasteiger partial charge on any atom is 0.316 e. The molecule has 8 heteroatoms. The number of thioether (sulfide) groups is 1. The van der Waals surface area contributed by atoms with Crippen LogP contribution in [0.1, 0.15) is 56.3 Å². The number of esters is 1. The maximum atomic E-state index is 11.8. The Labute approximate surface area is 166 Å². The van der Waals surface area contributed by atoms with Crippen molar-refractivity contribution in [3.63, 3.8) is 0 Å². The molecule has 0 spiro atoms. The van der Waals surface area contributed by atoms with Gasteiger partial charge in [-0.25, -0.2) is 4.98 Å². The van der Waals surface area contributed by atoms with Crippen LogP contribution < -0.4 is 0 Å². The van der Waals surface area contributed by atoms with Crippen LogP contribution in [0, 0.1) is 5.92 Å². The van der Waals surface area contributed by atoms with Crippen LogP contribution in [0.25, 0.3) is 15.9 Å². The highest BCUT2D eigenvalue weighted by atomic mass is 32.2. The lowest BCUT2D eigenvalue weighted by atomic mass is 9.89. The lowest BCUT2D eigenvalue weighted by Gasteiger charge is -2.17. The zero-order valence-electron chi connectivity index (χ0n) is 16.1. The average Bonchev–Trinajstić information content (AvgIpc) is 3.19. The zero-order chi connectivity index (χ0) is 19.1. The van der Waals surface area contributed by atoms with E-state index in [-0.39, 0.29) is 17.6 Å². The van der Waals surface area contributed by atoms with E-state index >= 15 is 0 Å². The van der Waals surface area contributed by atoms with E-state index in [1.807, 2.05) is 22.7 Å². The van der Waals surface area contributed by atoms with Crippen molar-refractivity contribution in [1.29, 1.82) is 0 Å². The molecule has 6 nitrogen and oxygen atoms in total. The lowest BCUT2D eigenvalue weighted by Crippen LogP contribution is -2.10. The highest BCUT2D eigenvalue weighted by Crippen LogP contribution is 2.40. The third-order valence-corrected chi connectivity index (χ3v) is 6.99. The van der Waals surface area contributed by atoms with E-state index in [0.717, 1.165) is 40.4 Å². The van der Waals surface area contributed by atoms with Gasteiger partial charge in [0.15, 0.2) is 10.8 Å². The molecule has 0 aliphatic heterocycles. The average molecular weight is 405 g/mol. The third-order valence-electron chi connectivity index (χ3n) is 4.94. The summed E-state index contributed by atoms with van der Waals surface area (Å²) in [6.07, 6.45) is 3.40. The molecule has 3 aromatic heterocycles. The Morgan fingerprint density at radius 2 is 2.22 bits per heavy atom. The number of nitrogens with zero attached hydrogens (tertiary/aromatic N) is 4. The van der Waals surface area contributed by atoms with E-state index in [2.05, 4.69) is 31.0 Å². The second kappa shape index (κ2) is 7.39. The van der Waals surface area contributed by atoms with Gasteiger partial charge in [-0.1, -0.05) is 32.5 Å². The van der Waals surface area contributed by atoms with E-state index in [4.69, 9.17) is 9.72 Å². The first-order valence-electron chi connectivity index (χ1n) is 9.47. The summed E-state index contributed by atoms with van der Waals surface area (Å²) in [6.45, 7) is 8.77. The minimum absolute atomic E-state index is 0.226. The minimum atomic E-state index is -0.235. The summed E-state index contributed by atoms with van der Waals surface area (Å²) in [4.78, 5) is 19.3. The molecule has 1 aliphatic carbocycles. The van der Waals surface area contributed by atoms with Gasteiger partial charge >= 0.3 is 5.97 Å². The molecule has 27 heavy (non-hydrogen) atoms. The largest absolute Gasteiger partial charge is 0.465 e. The number of ether oxygens (including phenoxy) is 1. The number of rotatable bonds is 5. The first-order chi connectivity index (χ1) is 13.0. The molecule has 1 atom stereocenters. The molecule has 0 bridgehead atoms. The number of aryl methyl sites for hydroxylation is 1. The predicted molar refractivity (Wildman–Crippen MR) is 109 cm³/mol. The van der Waals surface area contributed by atoms with Gasteiger partial charge in [0, 0.05) is 10.8 Å². The molecular weight excluding hydrogens is 380 g/mol. The maximum absolute atomic E-state index is 11.8. The topological polar surface area (TPSA) is 69.4 Å². The molecule has 0 aromatic carbocycles. The van der Waals surface area contributed by atoms with Crippen molar-refractivity contribution >= 4 is 44.9 Å². The Morgan fingerprint density at radius 3 is 2.96 bits per heavy atom. The summed E-state index contributed by atoms with van der Waals surface area (Å²) in [6, 6.07) is 0. The van der Waals surface area contributed by atoms with Crippen LogP contribution in [-0.2, 0) is 22.4 Å². The van der Waals surface area contributed by atoms with Crippen LogP contribution in [0.15, 0.2) is 5.16 Å². The lowest BCUT2D eigenvalue weighted by molar-refractivity contribution is -0.139. The molecule has 0 fully saturated rings. The first-order valence-corrected chi connectivity index (χ1v) is 11.3. The zero-order valence-corrected chi connectivity index (χ0v) is 17.7. The van der Waals surface area contributed by atoms with Gasteiger partial charge in [-0.2, -0.15) is 0 Å². The number of hydrogen-bond acceptors (Lipinski definition) is 7. The molecule has 0 N–H and O–H groups in total. The van der Waals surface area contributed by atoms with E-state index in [1.54, 1.807) is 0 Å². The summed E-state index contributed by atoms with van der Waals surface area (Å²) in [7, 11) is 0. The summed E-state index contributed by atoms with van der Waals surface area (Å²) in [5.74, 6) is 1.89. The Morgan fingerprint density at radius 1 is 1.41 bits per heavy atom. The molecule has 1 aliphatic rings. The van der Waals surface area contributed by atoms with Crippen LogP contribution in [-0.4, -0.2) is 37.9 Å². The fourth-order valence-corrected chi connectivity index (χ4v) is 5.77. The molecule has 0 radical (unpaired) electrons. The van der Waals surface area contributed by atoms with Gasteiger partial charge in [0.05, 0.1) is 17.7 Å². The van der Waals surface area contributed by atoms with Crippen molar-refractivity contribution < 1.29 is 9.53 Å². The van der Waals surface area contributed by atoms with Crippen LogP contribution in [0.4, 0.5) is 0 Å². The van der Waals surface area contributed by atoms with Gasteiger partial charge in [0.2, 0.25) is 0 Å². The molecule has 144 valence electrons. The Kier molecular flexibility index (Phi) is 5.11. The summed E-state index contributed by atoms with van der Waals surface area (Å²) >= 11 is 3.17. The smallest absolute Gasteiger partial charge is 0.316 e. The number of carbonyl (C=O) groups excluding carboxylic acids is 1. The fraction of sp³-hybridized carbons (Fsp3) is 0.579. The number of hydrogen-bond donors (Lipinski definition) is 0. The monoisotopic (exact) mass is 404 g/mol. The van der Waals surface area contributed by atoms with Crippen molar-refractivity contribution in [2.45, 2.75) is 58.0 Å². The number of carbonyl (C=O) groups is 1. The summed E-state index contributed by atoms with van der Waals surface area (Å²) < 4.78 is 7.08. The summed E-state index contributed by atoms with van der Waals surface area (Å²) in [5.41, 5.74) is 2.28. The highest BCUT2D eigenvalue weighted by Gasteiger charge is 2.26. The van der Waals surface area contributed by atoms with E-state index in [0.29, 0.717) is 11.8 Å². The number of aromatic nitrogens is 4. The van der Waals surface area contributed by atoms with Crippen LogP contribution in [0.3, 0.4) is 0 Å². The second-order valence-electron chi connectivity index (χ2n) is 7.39. The first kappa shape index (κ1) is 18.7. The van der Waals surface area contributed by atoms with Gasteiger partial charge in [-0.3, -0.25) is 9.20 Å². The van der Waals surface area contributed by atoms with E-state index in [9.17, 15) is 4.79 Å². The molecule has 0 saturated carbocycles. The quantitative estimate of drug-likeness (QED) is 0.468. The van der Waals surface area contributed by atoms with Crippen LogP contribution in [0.5, 0.6) is 0 Å². The van der Waals surface area contributed by atoms with E-state index < -0.39 is 0 Å². The molecule has 3 aromatic rings. The van der Waals surface area contributed by atoms with Crippen LogP contribution >= 0.6 is 23.1 Å². The van der Waals surface area contributed by atoms with Crippen molar-refractivity contribution in [3.8, 4) is 0 Å². The third kappa shape index (κ3) is 3.33. The van der Waals surface area contributed by atoms with Gasteiger partial charge in [0.1, 0.15) is 10.7 Å². The van der Waals surface area contributed by atoms with Gasteiger partial charge in [-0.15, -0.1) is 21.5 Å². The molecular formula is C19H24N4O2S2.